The van der Waals surface area contributed by atoms with Crippen LogP contribution in [0.25, 0.3) is 10.2 Å². The zero-order valence-corrected chi connectivity index (χ0v) is 18.3. The van der Waals surface area contributed by atoms with Crippen LogP contribution in [0.3, 0.4) is 0 Å². The lowest BCUT2D eigenvalue weighted by Gasteiger charge is -2.34. The Bertz CT molecular complexity index is 1080. The molecule has 0 bridgehead atoms. The summed E-state index contributed by atoms with van der Waals surface area (Å²) in [7, 11) is 1.70. The van der Waals surface area contributed by atoms with Crippen LogP contribution in [0.2, 0.25) is 0 Å². The van der Waals surface area contributed by atoms with Crippen LogP contribution in [0.1, 0.15) is 28.2 Å². The van der Waals surface area contributed by atoms with Gasteiger partial charge in [0.25, 0.3) is 5.56 Å². The number of fused-ring (bicyclic) bond motifs is 3. The van der Waals surface area contributed by atoms with Crippen LogP contribution in [-0.4, -0.2) is 59.6 Å². The van der Waals surface area contributed by atoms with E-state index in [9.17, 15) is 4.79 Å². The highest BCUT2D eigenvalue weighted by atomic mass is 32.1. The Kier molecular flexibility index (Phi) is 5.58. The van der Waals surface area contributed by atoms with Gasteiger partial charge in [0.2, 0.25) is 0 Å². The van der Waals surface area contributed by atoms with E-state index in [2.05, 4.69) is 26.9 Å². The summed E-state index contributed by atoms with van der Waals surface area (Å²) in [5.74, 6) is 1.71. The summed E-state index contributed by atoms with van der Waals surface area (Å²) >= 11 is 1.72. The van der Waals surface area contributed by atoms with Crippen molar-refractivity contribution in [2.75, 3.05) is 39.8 Å². The predicted molar refractivity (Wildman–Crippen MR) is 121 cm³/mol. The van der Waals surface area contributed by atoms with Gasteiger partial charge in [-0.1, -0.05) is 12.1 Å². The molecule has 2 aliphatic rings. The molecule has 7 heteroatoms. The zero-order valence-electron chi connectivity index (χ0n) is 17.4. The number of ether oxygens (including phenoxy) is 1. The number of H-pyrrole nitrogens is 1. The quantitative estimate of drug-likeness (QED) is 0.659. The maximum atomic E-state index is 12.7. The highest BCUT2D eigenvalue weighted by Gasteiger charge is 2.22. The SMILES string of the molecule is COc1ccc(CCN2CCN(Cc3nc4sc5c(c4c(=O)[nH]3)CCC5)CC2)cc1. The van der Waals surface area contributed by atoms with Gasteiger partial charge in [-0.25, -0.2) is 4.98 Å². The summed E-state index contributed by atoms with van der Waals surface area (Å²) < 4.78 is 5.23. The van der Waals surface area contributed by atoms with Crippen LogP contribution in [0.5, 0.6) is 5.75 Å². The maximum absolute atomic E-state index is 12.7. The average molecular weight is 425 g/mol. The molecule has 0 spiro atoms. The normalized spacial score (nSPS) is 17.5. The van der Waals surface area contributed by atoms with Crippen LogP contribution in [-0.2, 0) is 25.8 Å². The summed E-state index contributed by atoms with van der Waals surface area (Å²) in [5, 5.41) is 0.847. The lowest BCUT2D eigenvalue weighted by molar-refractivity contribution is 0.126. The van der Waals surface area contributed by atoms with Crippen molar-refractivity contribution in [1.29, 1.82) is 0 Å². The van der Waals surface area contributed by atoms with Crippen molar-refractivity contribution in [1.82, 2.24) is 19.8 Å². The Labute approximate surface area is 180 Å². The van der Waals surface area contributed by atoms with E-state index < -0.39 is 0 Å². The molecule has 1 saturated heterocycles. The number of aryl methyl sites for hydroxylation is 2. The van der Waals surface area contributed by atoms with Crippen LogP contribution >= 0.6 is 11.3 Å². The number of aromatic amines is 1. The van der Waals surface area contributed by atoms with E-state index in [0.717, 1.165) is 80.3 Å². The first kappa shape index (κ1) is 19.7. The van der Waals surface area contributed by atoms with Crippen molar-refractivity contribution in [3.05, 3.63) is 56.4 Å². The largest absolute Gasteiger partial charge is 0.497 e. The molecule has 0 unspecified atom stereocenters. The third kappa shape index (κ3) is 4.02. The fraction of sp³-hybridized carbons (Fsp3) is 0.478. The summed E-state index contributed by atoms with van der Waals surface area (Å²) in [6.07, 6.45) is 4.35. The highest BCUT2D eigenvalue weighted by Crippen LogP contribution is 2.34. The second-order valence-electron chi connectivity index (χ2n) is 8.27. The molecule has 1 N–H and O–H groups in total. The molecule has 6 nitrogen and oxygen atoms in total. The lowest BCUT2D eigenvalue weighted by Crippen LogP contribution is -2.46. The van der Waals surface area contributed by atoms with E-state index in [0.29, 0.717) is 0 Å². The molecule has 0 radical (unpaired) electrons. The van der Waals surface area contributed by atoms with Gasteiger partial charge in [-0.3, -0.25) is 9.69 Å². The molecule has 1 aliphatic carbocycles. The topological polar surface area (TPSA) is 61.5 Å². The summed E-state index contributed by atoms with van der Waals surface area (Å²) in [4.78, 5) is 27.7. The highest BCUT2D eigenvalue weighted by molar-refractivity contribution is 7.18. The van der Waals surface area contributed by atoms with Crippen molar-refractivity contribution in [3.63, 3.8) is 0 Å². The number of piperazine rings is 1. The minimum atomic E-state index is 0.0486. The molecular weight excluding hydrogens is 396 g/mol. The van der Waals surface area contributed by atoms with Gasteiger partial charge in [0.1, 0.15) is 16.4 Å². The van der Waals surface area contributed by atoms with Crippen LogP contribution in [0, 0.1) is 0 Å². The number of rotatable bonds is 6. The number of nitrogens with one attached hydrogen (secondary N) is 1. The number of methoxy groups -OCH3 is 1. The van der Waals surface area contributed by atoms with Gasteiger partial charge >= 0.3 is 0 Å². The van der Waals surface area contributed by atoms with Gasteiger partial charge in [0.15, 0.2) is 0 Å². The average Bonchev–Trinajstić information content (AvgIpc) is 3.34. The van der Waals surface area contributed by atoms with Crippen molar-refractivity contribution in [3.8, 4) is 5.75 Å². The van der Waals surface area contributed by atoms with E-state index in [1.165, 1.54) is 22.4 Å². The second kappa shape index (κ2) is 8.49. The molecule has 0 atom stereocenters. The molecule has 3 heterocycles. The lowest BCUT2D eigenvalue weighted by atomic mass is 10.1. The van der Waals surface area contributed by atoms with Crippen LogP contribution in [0.4, 0.5) is 0 Å². The number of thiophene rings is 1. The van der Waals surface area contributed by atoms with E-state index in [4.69, 9.17) is 9.72 Å². The molecular formula is C23H28N4O2S. The molecule has 158 valence electrons. The van der Waals surface area contributed by atoms with Crippen molar-refractivity contribution < 1.29 is 4.74 Å². The van der Waals surface area contributed by atoms with Crippen LogP contribution in [0.15, 0.2) is 29.1 Å². The first-order chi connectivity index (χ1) is 14.7. The Morgan fingerprint density at radius 1 is 1.10 bits per heavy atom. The minimum Gasteiger partial charge on any atom is -0.497 e. The second-order valence-corrected chi connectivity index (χ2v) is 9.35. The number of hydrogen-bond donors (Lipinski definition) is 1. The van der Waals surface area contributed by atoms with Gasteiger partial charge < -0.3 is 14.6 Å². The summed E-state index contributed by atoms with van der Waals surface area (Å²) in [6.45, 7) is 5.91. The smallest absolute Gasteiger partial charge is 0.259 e. The number of benzene rings is 1. The molecule has 0 saturated carbocycles. The third-order valence-electron chi connectivity index (χ3n) is 6.34. The number of hydrogen-bond acceptors (Lipinski definition) is 6. The van der Waals surface area contributed by atoms with E-state index in [1.54, 1.807) is 18.4 Å². The minimum absolute atomic E-state index is 0.0486. The Hall–Kier alpha value is -2.22. The molecule has 3 aromatic rings. The van der Waals surface area contributed by atoms with E-state index in [1.807, 2.05) is 12.1 Å². The first-order valence-electron chi connectivity index (χ1n) is 10.8. The first-order valence-corrected chi connectivity index (χ1v) is 11.6. The monoisotopic (exact) mass is 424 g/mol. The molecule has 1 fully saturated rings. The van der Waals surface area contributed by atoms with Crippen molar-refractivity contribution in [2.45, 2.75) is 32.2 Å². The Balaban J connectivity index is 1.16. The number of nitrogens with zero attached hydrogens (tertiary/aromatic N) is 3. The van der Waals surface area contributed by atoms with Gasteiger partial charge in [0, 0.05) is 37.6 Å². The Morgan fingerprint density at radius 2 is 1.87 bits per heavy atom. The molecule has 30 heavy (non-hydrogen) atoms. The fourth-order valence-corrected chi connectivity index (χ4v) is 5.86. The molecule has 5 rings (SSSR count). The van der Waals surface area contributed by atoms with Crippen molar-refractivity contribution in [2.24, 2.45) is 0 Å². The van der Waals surface area contributed by atoms with Gasteiger partial charge in [-0.2, -0.15) is 0 Å². The van der Waals surface area contributed by atoms with Crippen molar-refractivity contribution >= 4 is 21.6 Å². The summed E-state index contributed by atoms with van der Waals surface area (Å²) in [5.41, 5.74) is 2.64. The van der Waals surface area contributed by atoms with Gasteiger partial charge in [-0.05, 0) is 48.9 Å². The Morgan fingerprint density at radius 3 is 2.63 bits per heavy atom. The fourth-order valence-electron chi connectivity index (χ4n) is 4.58. The van der Waals surface area contributed by atoms with Gasteiger partial charge in [-0.15, -0.1) is 11.3 Å². The predicted octanol–water partition coefficient (Wildman–Crippen LogP) is 2.84. The molecule has 1 aromatic carbocycles. The van der Waals surface area contributed by atoms with E-state index >= 15 is 0 Å². The van der Waals surface area contributed by atoms with E-state index in [-0.39, 0.29) is 5.56 Å². The zero-order chi connectivity index (χ0) is 20.5. The number of aromatic nitrogens is 2. The van der Waals surface area contributed by atoms with Crippen LogP contribution < -0.4 is 10.3 Å². The standard InChI is InChI=1S/C23H28N4O2S/c1-29-17-7-5-16(6-8-17)9-10-26-11-13-27(14-12-26)15-20-24-22(28)21-18-3-2-4-19(18)30-23(21)25-20/h5-8H,2-4,9-15H2,1H3,(H,24,25,28). The molecule has 1 aliphatic heterocycles. The summed E-state index contributed by atoms with van der Waals surface area (Å²) in [6, 6.07) is 8.35. The van der Waals surface area contributed by atoms with Gasteiger partial charge in [0.05, 0.1) is 19.0 Å². The molecule has 2 aromatic heterocycles. The maximum Gasteiger partial charge on any atom is 0.259 e. The molecule has 0 amide bonds. The third-order valence-corrected chi connectivity index (χ3v) is 7.52.